The molecule has 0 amide bonds. The molecule has 0 saturated carbocycles. The van der Waals surface area contributed by atoms with Crippen molar-refractivity contribution in [1.82, 2.24) is 0 Å². The third-order valence-corrected chi connectivity index (χ3v) is 12.9. The number of anilines is 6. The SMILES string of the molecule is CC1(C)CCC(C)(C)c2cc(N(c3ccc(-c4ccccc4)cc3)c3ccc(-c4ccc(N(c5ccccc5)c5cc6ccccc6c6ccccc56)cc4)cc3)ccc21. The van der Waals surface area contributed by atoms with Crippen molar-refractivity contribution < 1.29 is 0 Å². The topological polar surface area (TPSA) is 6.48 Å². The molecule has 2 nitrogen and oxygen atoms in total. The van der Waals surface area contributed by atoms with Gasteiger partial charge in [-0.25, -0.2) is 0 Å². The van der Waals surface area contributed by atoms with E-state index in [0.29, 0.717) is 0 Å². The lowest BCUT2D eigenvalue weighted by atomic mass is 9.63. The van der Waals surface area contributed by atoms with E-state index in [2.05, 4.69) is 244 Å². The number of para-hydroxylation sites is 1. The van der Waals surface area contributed by atoms with E-state index in [1.165, 1.54) is 79.1 Å². The molecule has 0 fully saturated rings. The summed E-state index contributed by atoms with van der Waals surface area (Å²) >= 11 is 0. The van der Waals surface area contributed by atoms with Gasteiger partial charge >= 0.3 is 0 Å². The maximum atomic E-state index is 2.46. The largest absolute Gasteiger partial charge is 0.310 e. The average Bonchev–Trinajstić information content (AvgIpc) is 3.30. The van der Waals surface area contributed by atoms with Gasteiger partial charge in [0.05, 0.1) is 5.69 Å². The molecule has 0 N–H and O–H groups in total. The molecule has 60 heavy (non-hydrogen) atoms. The Balaban J connectivity index is 1.02. The second-order valence-electron chi connectivity index (χ2n) is 17.7. The molecule has 0 radical (unpaired) electrons. The van der Waals surface area contributed by atoms with Gasteiger partial charge in [-0.05, 0) is 140 Å². The van der Waals surface area contributed by atoms with Crippen molar-refractivity contribution in [1.29, 1.82) is 0 Å². The van der Waals surface area contributed by atoms with Gasteiger partial charge in [-0.2, -0.15) is 0 Å². The van der Waals surface area contributed by atoms with Crippen LogP contribution in [-0.2, 0) is 10.8 Å². The average molecular weight is 775 g/mol. The number of hydrogen-bond donors (Lipinski definition) is 0. The molecule has 292 valence electrons. The highest BCUT2D eigenvalue weighted by molar-refractivity contribution is 6.14. The van der Waals surface area contributed by atoms with Crippen LogP contribution in [0, 0.1) is 0 Å². The highest BCUT2D eigenvalue weighted by Crippen LogP contribution is 2.49. The maximum Gasteiger partial charge on any atom is 0.0546 e. The van der Waals surface area contributed by atoms with Crippen LogP contribution in [0.25, 0.3) is 43.8 Å². The van der Waals surface area contributed by atoms with Crippen LogP contribution >= 0.6 is 0 Å². The molecule has 10 rings (SSSR count). The number of hydrogen-bond acceptors (Lipinski definition) is 2. The Morgan fingerprint density at radius 3 is 1.32 bits per heavy atom. The van der Waals surface area contributed by atoms with Crippen LogP contribution < -0.4 is 9.80 Å². The van der Waals surface area contributed by atoms with Crippen LogP contribution in [0.4, 0.5) is 34.1 Å². The van der Waals surface area contributed by atoms with E-state index in [9.17, 15) is 0 Å². The summed E-state index contributed by atoms with van der Waals surface area (Å²) in [5.74, 6) is 0. The van der Waals surface area contributed by atoms with Gasteiger partial charge in [0.1, 0.15) is 0 Å². The van der Waals surface area contributed by atoms with E-state index in [1.807, 2.05) is 0 Å². The minimum atomic E-state index is 0.108. The van der Waals surface area contributed by atoms with E-state index >= 15 is 0 Å². The monoisotopic (exact) mass is 774 g/mol. The molecule has 0 atom stereocenters. The van der Waals surface area contributed by atoms with Crippen molar-refractivity contribution >= 4 is 55.7 Å². The summed E-state index contributed by atoms with van der Waals surface area (Å²) in [5.41, 5.74) is 14.9. The van der Waals surface area contributed by atoms with Crippen LogP contribution in [0.15, 0.2) is 206 Å². The fourth-order valence-electron chi connectivity index (χ4n) is 9.43. The number of fused-ring (bicyclic) bond motifs is 4. The first-order chi connectivity index (χ1) is 29.2. The van der Waals surface area contributed by atoms with Crippen molar-refractivity contribution in [2.24, 2.45) is 0 Å². The quantitative estimate of drug-likeness (QED) is 0.142. The molecule has 0 spiro atoms. The van der Waals surface area contributed by atoms with Gasteiger partial charge < -0.3 is 9.80 Å². The third kappa shape index (κ3) is 6.82. The van der Waals surface area contributed by atoms with Gasteiger partial charge in [-0.15, -0.1) is 0 Å². The van der Waals surface area contributed by atoms with Crippen molar-refractivity contribution in [2.45, 2.75) is 51.4 Å². The molecule has 0 aliphatic heterocycles. The molecule has 0 aromatic heterocycles. The van der Waals surface area contributed by atoms with Gasteiger partial charge in [0, 0.05) is 33.8 Å². The number of nitrogens with zero attached hydrogens (tertiary/aromatic N) is 2. The first-order valence-corrected chi connectivity index (χ1v) is 21.3. The van der Waals surface area contributed by atoms with Crippen LogP contribution in [0.2, 0.25) is 0 Å². The minimum Gasteiger partial charge on any atom is -0.310 e. The van der Waals surface area contributed by atoms with Gasteiger partial charge in [-0.3, -0.25) is 0 Å². The summed E-state index contributed by atoms with van der Waals surface area (Å²) in [7, 11) is 0. The second-order valence-corrected chi connectivity index (χ2v) is 17.7. The summed E-state index contributed by atoms with van der Waals surface area (Å²) in [4.78, 5) is 4.81. The zero-order valence-corrected chi connectivity index (χ0v) is 34.9. The molecular weight excluding hydrogens is 725 g/mol. The van der Waals surface area contributed by atoms with Crippen molar-refractivity contribution in [3.05, 3.63) is 217 Å². The van der Waals surface area contributed by atoms with E-state index in [0.717, 1.165) is 22.7 Å². The van der Waals surface area contributed by atoms with Gasteiger partial charge in [0.25, 0.3) is 0 Å². The normalized spacial score (nSPS) is 14.1. The fourth-order valence-corrected chi connectivity index (χ4v) is 9.43. The zero-order valence-electron chi connectivity index (χ0n) is 34.9. The van der Waals surface area contributed by atoms with Crippen molar-refractivity contribution in [3.63, 3.8) is 0 Å². The number of rotatable bonds is 8. The fraction of sp³-hybridized carbons (Fsp3) is 0.138. The van der Waals surface area contributed by atoms with Crippen LogP contribution in [0.3, 0.4) is 0 Å². The van der Waals surface area contributed by atoms with E-state index < -0.39 is 0 Å². The van der Waals surface area contributed by atoms with Crippen molar-refractivity contribution in [3.8, 4) is 22.3 Å². The smallest absolute Gasteiger partial charge is 0.0546 e. The number of benzene rings is 9. The molecule has 2 heteroatoms. The molecule has 9 aromatic carbocycles. The van der Waals surface area contributed by atoms with Crippen LogP contribution in [-0.4, -0.2) is 0 Å². The first-order valence-electron chi connectivity index (χ1n) is 21.3. The molecule has 0 saturated heterocycles. The molecule has 0 heterocycles. The summed E-state index contributed by atoms with van der Waals surface area (Å²) in [6, 6.07) is 75.5. The Bertz CT molecular complexity index is 2950. The Labute approximate surface area is 355 Å². The Kier molecular flexibility index (Phi) is 9.37. The summed E-state index contributed by atoms with van der Waals surface area (Å²) in [6.45, 7) is 9.62. The van der Waals surface area contributed by atoms with Crippen LogP contribution in [0.5, 0.6) is 0 Å². The lowest BCUT2D eigenvalue weighted by molar-refractivity contribution is 0.332. The predicted molar refractivity (Wildman–Crippen MR) is 257 cm³/mol. The first kappa shape index (κ1) is 37.4. The Morgan fingerprint density at radius 1 is 0.317 bits per heavy atom. The van der Waals surface area contributed by atoms with Gasteiger partial charge in [-0.1, -0.05) is 167 Å². The molecule has 0 unspecified atom stereocenters. The lowest BCUT2D eigenvalue weighted by Crippen LogP contribution is -2.34. The molecule has 9 aromatic rings. The summed E-state index contributed by atoms with van der Waals surface area (Å²) in [6.07, 6.45) is 2.38. The van der Waals surface area contributed by atoms with Crippen molar-refractivity contribution in [2.75, 3.05) is 9.80 Å². The van der Waals surface area contributed by atoms with Gasteiger partial charge in [0.15, 0.2) is 0 Å². The molecule has 1 aliphatic carbocycles. The van der Waals surface area contributed by atoms with E-state index in [4.69, 9.17) is 0 Å². The van der Waals surface area contributed by atoms with E-state index in [1.54, 1.807) is 0 Å². The highest BCUT2D eigenvalue weighted by Gasteiger charge is 2.37. The second kappa shape index (κ2) is 15.0. The minimum absolute atomic E-state index is 0.108. The lowest BCUT2D eigenvalue weighted by Gasteiger charge is -2.42. The summed E-state index contributed by atoms with van der Waals surface area (Å²) in [5, 5.41) is 4.98. The Morgan fingerprint density at radius 2 is 0.733 bits per heavy atom. The standard InChI is InChI=1S/C58H50N2/c1-57(2)37-38-58(3,4)55-40-50(35-36-54(55)57)59(47-29-23-42(24-30-47)41-15-7-5-8-16-41)48-31-25-43(26-32-48)44-27-33-49(34-28-44)60(46-18-9-6-10-19-46)56-39-45-17-11-12-20-51(45)52-21-13-14-22-53(52)56/h5-36,39-40H,37-38H2,1-4H3. The predicted octanol–water partition coefficient (Wildman–Crippen LogP) is 16.6. The molecule has 1 aliphatic rings. The molecule has 0 bridgehead atoms. The Hall–Kier alpha value is -6.90. The maximum absolute atomic E-state index is 2.46. The summed E-state index contributed by atoms with van der Waals surface area (Å²) < 4.78 is 0. The zero-order chi connectivity index (χ0) is 40.8. The van der Waals surface area contributed by atoms with E-state index in [-0.39, 0.29) is 10.8 Å². The third-order valence-electron chi connectivity index (χ3n) is 12.9. The van der Waals surface area contributed by atoms with Gasteiger partial charge in [0.2, 0.25) is 0 Å². The van der Waals surface area contributed by atoms with Crippen LogP contribution in [0.1, 0.15) is 51.7 Å². The highest BCUT2D eigenvalue weighted by atomic mass is 15.1. The molecular formula is C58H50N2.